The Hall–Kier alpha value is -2.15. The molecule has 0 aliphatic carbocycles. The maximum absolute atomic E-state index is 12.2. The number of rotatable bonds is 3. The zero-order valence-corrected chi connectivity index (χ0v) is 16.6. The molecule has 140 valence electrons. The number of likely N-dealkylation sites (tertiary alicyclic amines) is 1. The second-order valence-corrected chi connectivity index (χ2v) is 8.51. The first-order valence-electron chi connectivity index (χ1n) is 8.97. The van der Waals surface area contributed by atoms with Gasteiger partial charge in [-0.1, -0.05) is 20.8 Å². The van der Waals surface area contributed by atoms with E-state index in [0.717, 1.165) is 41.8 Å². The molecule has 3 N–H and O–H groups in total. The summed E-state index contributed by atoms with van der Waals surface area (Å²) >= 11 is 1.33. The van der Waals surface area contributed by atoms with Crippen LogP contribution in [0.4, 0.5) is 5.69 Å². The number of hydrogen-bond donors (Lipinski definition) is 2. The number of fused-ring (bicyclic) bond motifs is 1. The van der Waals surface area contributed by atoms with Gasteiger partial charge in [-0.2, -0.15) is 0 Å². The molecular formula is C19H26N4O2S. The van der Waals surface area contributed by atoms with Crippen molar-refractivity contribution >= 4 is 39.1 Å². The predicted octanol–water partition coefficient (Wildman–Crippen LogP) is 2.77. The molecule has 0 radical (unpaired) electrons. The molecule has 0 bridgehead atoms. The Morgan fingerprint density at radius 2 is 1.96 bits per heavy atom. The van der Waals surface area contributed by atoms with Gasteiger partial charge in [-0.25, -0.2) is 4.98 Å². The van der Waals surface area contributed by atoms with Crippen molar-refractivity contribution in [2.45, 2.75) is 39.0 Å². The first-order valence-corrected chi connectivity index (χ1v) is 9.79. The van der Waals surface area contributed by atoms with Crippen LogP contribution < -0.4 is 11.1 Å². The first kappa shape index (κ1) is 18.6. The van der Waals surface area contributed by atoms with Gasteiger partial charge in [0.05, 0.1) is 5.69 Å². The summed E-state index contributed by atoms with van der Waals surface area (Å²) < 4.78 is 0. The molecule has 2 amide bonds. The number of nitrogens with zero attached hydrogens (tertiary/aromatic N) is 2. The summed E-state index contributed by atoms with van der Waals surface area (Å²) in [6, 6.07) is 3.98. The number of amides is 2. The molecule has 0 aromatic carbocycles. The monoisotopic (exact) mass is 374 g/mol. The maximum atomic E-state index is 12.2. The van der Waals surface area contributed by atoms with Crippen LogP contribution in [-0.4, -0.2) is 41.8 Å². The fourth-order valence-corrected chi connectivity index (χ4v) is 4.50. The minimum atomic E-state index is -0.182. The number of carbonyl (C=O) groups is 2. The van der Waals surface area contributed by atoms with Gasteiger partial charge in [-0.3, -0.25) is 9.59 Å². The van der Waals surface area contributed by atoms with Crippen LogP contribution in [0.2, 0.25) is 0 Å². The summed E-state index contributed by atoms with van der Waals surface area (Å²) in [5, 5.41) is 3.45. The largest absolute Gasteiger partial charge is 0.397 e. The summed E-state index contributed by atoms with van der Waals surface area (Å²) in [6.45, 7) is 7.59. The van der Waals surface area contributed by atoms with E-state index in [1.165, 1.54) is 11.3 Å². The Bertz CT molecular complexity index is 851. The van der Waals surface area contributed by atoms with Crippen molar-refractivity contribution in [2.24, 2.45) is 5.92 Å². The van der Waals surface area contributed by atoms with Crippen LogP contribution in [0, 0.1) is 5.92 Å². The third kappa shape index (κ3) is 3.16. The molecule has 1 aliphatic heterocycles. The summed E-state index contributed by atoms with van der Waals surface area (Å²) in [7, 11) is 1.60. The average Bonchev–Trinajstić information content (AvgIpc) is 2.97. The predicted molar refractivity (Wildman–Crippen MR) is 105 cm³/mol. The topological polar surface area (TPSA) is 88.3 Å². The molecule has 26 heavy (non-hydrogen) atoms. The molecular weight excluding hydrogens is 348 g/mol. The highest BCUT2D eigenvalue weighted by atomic mass is 32.1. The average molecular weight is 375 g/mol. The van der Waals surface area contributed by atoms with E-state index >= 15 is 0 Å². The van der Waals surface area contributed by atoms with E-state index in [2.05, 4.69) is 12.2 Å². The number of nitrogen functional groups attached to an aromatic ring is 1. The van der Waals surface area contributed by atoms with E-state index in [-0.39, 0.29) is 23.1 Å². The highest BCUT2D eigenvalue weighted by molar-refractivity contribution is 7.21. The van der Waals surface area contributed by atoms with E-state index < -0.39 is 0 Å². The smallest absolute Gasteiger partial charge is 0.263 e. The van der Waals surface area contributed by atoms with Gasteiger partial charge in [0.15, 0.2) is 0 Å². The van der Waals surface area contributed by atoms with Crippen LogP contribution >= 0.6 is 11.3 Å². The Labute approximate surface area is 157 Å². The van der Waals surface area contributed by atoms with E-state index in [1.54, 1.807) is 7.05 Å². The van der Waals surface area contributed by atoms with Crippen molar-refractivity contribution in [2.75, 3.05) is 25.9 Å². The lowest BCUT2D eigenvalue weighted by Crippen LogP contribution is -2.45. The van der Waals surface area contributed by atoms with Crippen LogP contribution in [0.5, 0.6) is 0 Å². The van der Waals surface area contributed by atoms with Crippen molar-refractivity contribution in [3.8, 4) is 0 Å². The molecule has 6 nitrogen and oxygen atoms in total. The zero-order chi connectivity index (χ0) is 19.1. The van der Waals surface area contributed by atoms with E-state index in [4.69, 9.17) is 10.7 Å². The van der Waals surface area contributed by atoms with Gasteiger partial charge >= 0.3 is 0 Å². The number of nitrogens with one attached hydrogen (secondary N) is 1. The van der Waals surface area contributed by atoms with Crippen molar-refractivity contribution in [3.05, 3.63) is 22.7 Å². The molecule has 7 heteroatoms. The lowest BCUT2D eigenvalue weighted by Gasteiger charge is -2.39. The van der Waals surface area contributed by atoms with Crippen LogP contribution in [-0.2, 0) is 10.2 Å². The Kier molecular flexibility index (Phi) is 4.92. The van der Waals surface area contributed by atoms with Gasteiger partial charge < -0.3 is 16.0 Å². The third-order valence-electron chi connectivity index (χ3n) is 5.32. The molecule has 0 unspecified atom stereocenters. The van der Waals surface area contributed by atoms with Crippen LogP contribution in [0.1, 0.15) is 49.0 Å². The molecule has 3 rings (SSSR count). The number of nitrogens with two attached hydrogens (primary N) is 1. The first-order chi connectivity index (χ1) is 12.3. The summed E-state index contributed by atoms with van der Waals surface area (Å²) in [4.78, 5) is 32.3. The molecule has 2 aromatic heterocycles. The van der Waals surface area contributed by atoms with Gasteiger partial charge in [-0.05, 0) is 25.0 Å². The highest BCUT2D eigenvalue weighted by Gasteiger charge is 2.35. The number of pyridine rings is 1. The number of piperidine rings is 1. The number of anilines is 1. The van der Waals surface area contributed by atoms with E-state index in [1.807, 2.05) is 30.9 Å². The van der Waals surface area contributed by atoms with Crippen molar-refractivity contribution in [1.29, 1.82) is 0 Å². The van der Waals surface area contributed by atoms with Crippen molar-refractivity contribution in [1.82, 2.24) is 15.2 Å². The SMILES string of the molecule is CNC(=O)c1sc2nc(C3(C)CCN(C(=O)C(C)C)CC3)ccc2c1N. The molecule has 1 fully saturated rings. The van der Waals surface area contributed by atoms with E-state index in [9.17, 15) is 9.59 Å². The minimum absolute atomic E-state index is 0.0334. The lowest BCUT2D eigenvalue weighted by atomic mass is 9.77. The van der Waals surface area contributed by atoms with Crippen LogP contribution in [0.25, 0.3) is 10.2 Å². The van der Waals surface area contributed by atoms with Crippen LogP contribution in [0.3, 0.4) is 0 Å². The Morgan fingerprint density at radius 3 is 2.54 bits per heavy atom. The number of aromatic nitrogens is 1. The molecule has 1 aliphatic rings. The standard InChI is InChI=1S/C19H26N4O2S/c1-11(2)18(25)23-9-7-19(3,8-10-23)13-6-5-12-14(20)15(16(24)21-4)26-17(12)22-13/h5-6,11H,7-10,20H2,1-4H3,(H,21,24). The molecule has 0 spiro atoms. The fraction of sp³-hybridized carbons (Fsp3) is 0.526. The number of hydrogen-bond acceptors (Lipinski definition) is 5. The normalized spacial score (nSPS) is 16.9. The molecule has 2 aromatic rings. The number of thiophene rings is 1. The molecule has 1 saturated heterocycles. The Balaban J connectivity index is 1.86. The van der Waals surface area contributed by atoms with Gasteiger partial charge in [0.25, 0.3) is 5.91 Å². The zero-order valence-electron chi connectivity index (χ0n) is 15.8. The van der Waals surface area contributed by atoms with Gasteiger partial charge in [0.1, 0.15) is 9.71 Å². The second kappa shape index (κ2) is 6.87. The third-order valence-corrected chi connectivity index (χ3v) is 6.43. The maximum Gasteiger partial charge on any atom is 0.263 e. The summed E-state index contributed by atoms with van der Waals surface area (Å²) in [5.74, 6) is 0.0709. The van der Waals surface area contributed by atoms with Gasteiger partial charge in [0.2, 0.25) is 5.91 Å². The van der Waals surface area contributed by atoms with Crippen LogP contribution in [0.15, 0.2) is 12.1 Å². The fourth-order valence-electron chi connectivity index (χ4n) is 3.46. The Morgan fingerprint density at radius 1 is 1.31 bits per heavy atom. The summed E-state index contributed by atoms with van der Waals surface area (Å²) in [6.07, 6.45) is 1.76. The minimum Gasteiger partial charge on any atom is -0.397 e. The van der Waals surface area contributed by atoms with E-state index in [0.29, 0.717) is 10.6 Å². The van der Waals surface area contributed by atoms with Gasteiger partial charge in [-0.15, -0.1) is 11.3 Å². The molecule has 3 heterocycles. The van der Waals surface area contributed by atoms with Crippen molar-refractivity contribution in [3.63, 3.8) is 0 Å². The quantitative estimate of drug-likeness (QED) is 0.865. The second-order valence-electron chi connectivity index (χ2n) is 7.51. The van der Waals surface area contributed by atoms with Crippen molar-refractivity contribution < 1.29 is 9.59 Å². The number of carbonyl (C=O) groups excluding carboxylic acids is 2. The summed E-state index contributed by atoms with van der Waals surface area (Å²) in [5.41, 5.74) is 7.54. The van der Waals surface area contributed by atoms with Gasteiger partial charge in [0, 0.05) is 42.6 Å². The lowest BCUT2D eigenvalue weighted by molar-refractivity contribution is -0.136. The molecule has 0 saturated carbocycles. The highest BCUT2D eigenvalue weighted by Crippen LogP contribution is 2.38. The molecule has 0 atom stereocenters.